The molecular formula is C5H6F3NO. The van der Waals surface area contributed by atoms with E-state index >= 15 is 0 Å². The number of amides is 1. The van der Waals surface area contributed by atoms with Gasteiger partial charge in [0.2, 0.25) is 5.91 Å². The molecule has 1 aliphatic heterocycles. The highest BCUT2D eigenvalue weighted by molar-refractivity contribution is 5.82. The minimum atomic E-state index is -4.15. The molecule has 1 atom stereocenters. The third kappa shape index (κ3) is 1.89. The molecule has 10 heavy (non-hydrogen) atoms. The van der Waals surface area contributed by atoms with Gasteiger partial charge >= 0.3 is 6.18 Å². The lowest BCUT2D eigenvalue weighted by Gasteiger charge is -2.27. The second-order valence-electron chi connectivity index (χ2n) is 2.29. The van der Waals surface area contributed by atoms with E-state index in [9.17, 15) is 18.0 Å². The Morgan fingerprint density at radius 2 is 2.10 bits per heavy atom. The van der Waals surface area contributed by atoms with Crippen LogP contribution in [0.1, 0.15) is 12.8 Å². The van der Waals surface area contributed by atoms with Gasteiger partial charge in [0.05, 0.1) is 6.42 Å². The van der Waals surface area contributed by atoms with Crippen LogP contribution in [-0.4, -0.2) is 18.1 Å². The van der Waals surface area contributed by atoms with Gasteiger partial charge in [0.15, 0.2) is 0 Å². The van der Waals surface area contributed by atoms with Gasteiger partial charge in [0, 0.05) is 12.5 Å². The Kier molecular flexibility index (Phi) is 1.58. The van der Waals surface area contributed by atoms with E-state index in [1.807, 2.05) is 0 Å². The highest BCUT2D eigenvalue weighted by Crippen LogP contribution is 2.25. The SMILES string of the molecule is O=C1C[C@H](CC(F)(F)F)N1. The molecule has 1 rings (SSSR count). The third-order valence-electron chi connectivity index (χ3n) is 1.27. The Balaban J connectivity index is 2.22. The Hall–Kier alpha value is -0.740. The van der Waals surface area contributed by atoms with Crippen LogP contribution in [0.15, 0.2) is 0 Å². The van der Waals surface area contributed by atoms with Crippen molar-refractivity contribution in [3.63, 3.8) is 0 Å². The topological polar surface area (TPSA) is 29.1 Å². The molecule has 0 aromatic carbocycles. The minimum absolute atomic E-state index is 0.0134. The van der Waals surface area contributed by atoms with Gasteiger partial charge in [-0.15, -0.1) is 0 Å². The fourth-order valence-corrected chi connectivity index (χ4v) is 0.833. The van der Waals surface area contributed by atoms with Crippen molar-refractivity contribution in [2.45, 2.75) is 25.1 Å². The number of hydrogen-bond donors (Lipinski definition) is 1. The van der Waals surface area contributed by atoms with Gasteiger partial charge in [-0.05, 0) is 0 Å². The molecule has 5 heteroatoms. The zero-order chi connectivity index (χ0) is 7.78. The average molecular weight is 153 g/mol. The molecule has 0 saturated carbocycles. The van der Waals surface area contributed by atoms with Crippen molar-refractivity contribution in [3.8, 4) is 0 Å². The first-order valence-electron chi connectivity index (χ1n) is 2.83. The van der Waals surface area contributed by atoms with Crippen molar-refractivity contribution in [2.75, 3.05) is 0 Å². The van der Waals surface area contributed by atoms with Crippen LogP contribution < -0.4 is 5.32 Å². The minimum Gasteiger partial charge on any atom is -0.352 e. The van der Waals surface area contributed by atoms with Crippen LogP contribution in [0.25, 0.3) is 0 Å². The molecule has 0 aromatic rings. The first kappa shape index (κ1) is 7.37. The maximum absolute atomic E-state index is 11.5. The second-order valence-corrected chi connectivity index (χ2v) is 2.29. The van der Waals surface area contributed by atoms with Crippen LogP contribution in [0.3, 0.4) is 0 Å². The van der Waals surface area contributed by atoms with Gasteiger partial charge < -0.3 is 5.32 Å². The molecule has 1 amide bonds. The van der Waals surface area contributed by atoms with Crippen LogP contribution in [0.5, 0.6) is 0 Å². The van der Waals surface area contributed by atoms with E-state index in [1.54, 1.807) is 0 Å². The molecule has 1 fully saturated rings. The molecule has 0 aliphatic carbocycles. The van der Waals surface area contributed by atoms with Gasteiger partial charge in [-0.2, -0.15) is 13.2 Å². The van der Waals surface area contributed by atoms with E-state index in [4.69, 9.17) is 0 Å². The summed E-state index contributed by atoms with van der Waals surface area (Å²) < 4.78 is 34.5. The standard InChI is InChI=1S/C5H6F3NO/c6-5(7,8)2-3-1-4(10)9-3/h3H,1-2H2,(H,9,10)/t3-/m1/s1. The maximum atomic E-state index is 11.5. The van der Waals surface area contributed by atoms with E-state index in [-0.39, 0.29) is 12.3 Å². The van der Waals surface area contributed by atoms with Crippen LogP contribution in [-0.2, 0) is 4.79 Å². The highest BCUT2D eigenvalue weighted by atomic mass is 19.4. The Morgan fingerprint density at radius 3 is 2.40 bits per heavy atom. The van der Waals surface area contributed by atoms with E-state index in [1.165, 1.54) is 0 Å². The number of hydrogen-bond acceptors (Lipinski definition) is 1. The molecule has 2 nitrogen and oxygen atoms in total. The van der Waals surface area contributed by atoms with Crippen molar-refractivity contribution >= 4 is 5.91 Å². The first-order chi connectivity index (χ1) is 4.47. The number of nitrogens with one attached hydrogen (secondary N) is 1. The van der Waals surface area contributed by atoms with Gasteiger partial charge in [-0.25, -0.2) is 0 Å². The molecule has 1 N–H and O–H groups in total. The van der Waals surface area contributed by atoms with Crippen LogP contribution in [0.2, 0.25) is 0 Å². The number of alkyl halides is 3. The molecule has 1 saturated heterocycles. The number of carbonyl (C=O) groups is 1. The van der Waals surface area contributed by atoms with Crippen LogP contribution >= 0.6 is 0 Å². The summed E-state index contributed by atoms with van der Waals surface area (Å²) in [4.78, 5) is 10.1. The smallest absolute Gasteiger partial charge is 0.352 e. The van der Waals surface area contributed by atoms with E-state index in [2.05, 4.69) is 5.32 Å². The molecule has 0 unspecified atom stereocenters. The third-order valence-corrected chi connectivity index (χ3v) is 1.27. The predicted molar refractivity (Wildman–Crippen MR) is 27.2 cm³/mol. The van der Waals surface area contributed by atoms with Gasteiger partial charge in [-0.3, -0.25) is 4.79 Å². The Labute approximate surface area is 55.4 Å². The molecule has 0 bridgehead atoms. The van der Waals surface area contributed by atoms with E-state index in [0.717, 1.165) is 0 Å². The molecular weight excluding hydrogens is 147 g/mol. The summed E-state index contributed by atoms with van der Waals surface area (Å²) in [5.74, 6) is -0.297. The number of rotatable bonds is 1. The fraction of sp³-hybridized carbons (Fsp3) is 0.800. The largest absolute Gasteiger partial charge is 0.391 e. The van der Waals surface area contributed by atoms with Crippen molar-refractivity contribution < 1.29 is 18.0 Å². The van der Waals surface area contributed by atoms with Gasteiger partial charge in [-0.1, -0.05) is 0 Å². The van der Waals surface area contributed by atoms with Crippen LogP contribution in [0.4, 0.5) is 13.2 Å². The lowest BCUT2D eigenvalue weighted by atomic mass is 10.0. The zero-order valence-electron chi connectivity index (χ0n) is 5.03. The second kappa shape index (κ2) is 2.14. The van der Waals surface area contributed by atoms with E-state index < -0.39 is 18.6 Å². The predicted octanol–water partition coefficient (Wildman–Crippen LogP) is 0.827. The average Bonchev–Trinajstić information content (AvgIpc) is 1.57. The lowest BCUT2D eigenvalue weighted by molar-refractivity contribution is -0.151. The van der Waals surface area contributed by atoms with Crippen molar-refractivity contribution in [3.05, 3.63) is 0 Å². The van der Waals surface area contributed by atoms with Gasteiger partial charge in [0.25, 0.3) is 0 Å². The molecule has 0 spiro atoms. The molecule has 58 valence electrons. The molecule has 1 aliphatic rings. The summed E-state index contributed by atoms with van der Waals surface area (Å²) in [5, 5.41) is 2.14. The molecule has 1 heterocycles. The van der Waals surface area contributed by atoms with Crippen molar-refractivity contribution in [1.29, 1.82) is 0 Å². The zero-order valence-corrected chi connectivity index (χ0v) is 5.03. The van der Waals surface area contributed by atoms with Crippen molar-refractivity contribution in [2.24, 2.45) is 0 Å². The van der Waals surface area contributed by atoms with Crippen LogP contribution in [0, 0.1) is 0 Å². The number of carbonyl (C=O) groups excluding carboxylic acids is 1. The quantitative estimate of drug-likeness (QED) is 0.555. The van der Waals surface area contributed by atoms with Gasteiger partial charge in [0.1, 0.15) is 0 Å². The summed E-state index contributed by atoms with van der Waals surface area (Å²) in [7, 11) is 0. The summed E-state index contributed by atoms with van der Waals surface area (Å²) >= 11 is 0. The molecule has 0 radical (unpaired) electrons. The summed E-state index contributed by atoms with van der Waals surface area (Å²) in [5.41, 5.74) is 0. The normalized spacial score (nSPS) is 25.5. The summed E-state index contributed by atoms with van der Waals surface area (Å²) in [6.07, 6.45) is -5.05. The Morgan fingerprint density at radius 1 is 1.60 bits per heavy atom. The Bertz CT molecular complexity index is 145. The number of halogens is 3. The first-order valence-corrected chi connectivity index (χ1v) is 2.83. The monoisotopic (exact) mass is 153 g/mol. The summed E-state index contributed by atoms with van der Waals surface area (Å²) in [6.45, 7) is 0. The highest BCUT2D eigenvalue weighted by Gasteiger charge is 2.37. The van der Waals surface area contributed by atoms with Crippen molar-refractivity contribution in [1.82, 2.24) is 5.32 Å². The van der Waals surface area contributed by atoms with E-state index in [0.29, 0.717) is 0 Å². The maximum Gasteiger partial charge on any atom is 0.391 e. The number of β-lactam (4-membered cyclic amide) rings is 1. The lowest BCUT2D eigenvalue weighted by Crippen LogP contribution is -2.50. The fourth-order valence-electron chi connectivity index (χ4n) is 0.833. The summed E-state index contributed by atoms with van der Waals surface area (Å²) in [6, 6.07) is -0.674. The molecule has 0 aromatic heterocycles.